The second-order valence-electron chi connectivity index (χ2n) is 4.60. The van der Waals surface area contributed by atoms with Crippen LogP contribution in [0.1, 0.15) is 24.1 Å². The topological polar surface area (TPSA) is 42.2 Å². The molecule has 18 heavy (non-hydrogen) atoms. The van der Waals surface area contributed by atoms with Gasteiger partial charge >= 0.3 is 0 Å². The molecular weight excluding hydrogens is 222 g/mol. The van der Waals surface area contributed by atoms with Gasteiger partial charge in [0.2, 0.25) is 0 Å². The van der Waals surface area contributed by atoms with Crippen molar-refractivity contribution >= 4 is 11.5 Å². The van der Waals surface area contributed by atoms with E-state index in [4.69, 9.17) is 5.73 Å². The van der Waals surface area contributed by atoms with Crippen molar-refractivity contribution in [2.24, 2.45) is 5.73 Å². The summed E-state index contributed by atoms with van der Waals surface area (Å²) in [5.74, 6) is 0.913. The number of hydrogen-bond donors (Lipinski definition) is 1. The van der Waals surface area contributed by atoms with E-state index in [9.17, 15) is 0 Å². The van der Waals surface area contributed by atoms with E-state index in [1.165, 1.54) is 5.56 Å². The van der Waals surface area contributed by atoms with Crippen LogP contribution in [0.2, 0.25) is 0 Å². The Hall–Kier alpha value is -1.87. The highest BCUT2D eigenvalue weighted by Crippen LogP contribution is 2.27. The van der Waals surface area contributed by atoms with E-state index in [1.807, 2.05) is 26.1 Å². The summed E-state index contributed by atoms with van der Waals surface area (Å²) in [6, 6.07) is 12.3. The van der Waals surface area contributed by atoms with Crippen LogP contribution in [-0.4, -0.2) is 12.0 Å². The first-order chi connectivity index (χ1) is 8.59. The van der Waals surface area contributed by atoms with Gasteiger partial charge in [0, 0.05) is 30.5 Å². The fourth-order valence-electron chi connectivity index (χ4n) is 1.94. The van der Waals surface area contributed by atoms with Gasteiger partial charge in [-0.25, -0.2) is 4.98 Å². The molecule has 94 valence electrons. The van der Waals surface area contributed by atoms with Crippen molar-refractivity contribution in [2.45, 2.75) is 19.9 Å². The summed E-state index contributed by atoms with van der Waals surface area (Å²) >= 11 is 0. The first-order valence-corrected chi connectivity index (χ1v) is 6.10. The van der Waals surface area contributed by atoms with Gasteiger partial charge in [0.05, 0.1) is 0 Å². The summed E-state index contributed by atoms with van der Waals surface area (Å²) in [6.45, 7) is 4.06. The monoisotopic (exact) mass is 241 g/mol. The molecule has 1 aromatic carbocycles. The molecule has 0 saturated heterocycles. The van der Waals surface area contributed by atoms with Gasteiger partial charge in [-0.15, -0.1) is 0 Å². The number of nitrogens with zero attached hydrogens (tertiary/aromatic N) is 2. The van der Waals surface area contributed by atoms with Crippen molar-refractivity contribution in [1.82, 2.24) is 4.98 Å². The molecule has 0 bridgehead atoms. The molecule has 0 amide bonds. The number of pyridine rings is 1. The second kappa shape index (κ2) is 5.19. The Morgan fingerprint density at radius 1 is 1.17 bits per heavy atom. The number of aryl methyl sites for hydroxylation is 1. The molecule has 0 aliphatic carbocycles. The molecule has 0 fully saturated rings. The van der Waals surface area contributed by atoms with Crippen LogP contribution < -0.4 is 10.6 Å². The van der Waals surface area contributed by atoms with Crippen LogP contribution in [0.5, 0.6) is 0 Å². The van der Waals surface area contributed by atoms with E-state index in [2.05, 4.69) is 41.1 Å². The van der Waals surface area contributed by atoms with Crippen molar-refractivity contribution in [3.05, 3.63) is 53.7 Å². The largest absolute Gasteiger partial charge is 0.329 e. The van der Waals surface area contributed by atoms with Gasteiger partial charge in [0.25, 0.3) is 0 Å². The van der Waals surface area contributed by atoms with Crippen molar-refractivity contribution in [2.75, 3.05) is 11.9 Å². The fraction of sp³-hybridized carbons (Fsp3) is 0.267. The molecule has 1 atom stereocenters. The Balaban J connectivity index is 2.39. The Labute approximate surface area is 108 Å². The van der Waals surface area contributed by atoms with Crippen LogP contribution in [0.4, 0.5) is 11.5 Å². The minimum atomic E-state index is -0.0263. The highest BCUT2D eigenvalue weighted by atomic mass is 15.2. The fourth-order valence-corrected chi connectivity index (χ4v) is 1.94. The molecule has 1 unspecified atom stereocenters. The number of benzene rings is 1. The zero-order valence-corrected chi connectivity index (χ0v) is 11.1. The average Bonchev–Trinajstić information content (AvgIpc) is 2.39. The van der Waals surface area contributed by atoms with Gasteiger partial charge < -0.3 is 10.6 Å². The standard InChI is InChI=1S/C15H19N3/c1-11-6-8-13(9-7-11)18(3)15-14(12(2)16)5-4-10-17-15/h4-10,12H,16H2,1-3H3. The van der Waals surface area contributed by atoms with Gasteiger partial charge in [-0.3, -0.25) is 0 Å². The average molecular weight is 241 g/mol. The van der Waals surface area contributed by atoms with Crippen LogP contribution in [-0.2, 0) is 0 Å². The lowest BCUT2D eigenvalue weighted by atomic mass is 10.1. The zero-order chi connectivity index (χ0) is 13.1. The molecule has 0 aliphatic heterocycles. The summed E-state index contributed by atoms with van der Waals surface area (Å²) in [5.41, 5.74) is 9.41. The quantitative estimate of drug-likeness (QED) is 0.897. The van der Waals surface area contributed by atoms with Crippen molar-refractivity contribution in [1.29, 1.82) is 0 Å². The normalized spacial score (nSPS) is 12.2. The van der Waals surface area contributed by atoms with E-state index in [0.717, 1.165) is 17.1 Å². The first-order valence-electron chi connectivity index (χ1n) is 6.10. The highest BCUT2D eigenvalue weighted by Gasteiger charge is 2.12. The smallest absolute Gasteiger partial charge is 0.137 e. The van der Waals surface area contributed by atoms with Crippen molar-refractivity contribution < 1.29 is 0 Å². The number of anilines is 2. The van der Waals surface area contributed by atoms with E-state index in [-0.39, 0.29) is 6.04 Å². The van der Waals surface area contributed by atoms with Crippen LogP contribution >= 0.6 is 0 Å². The van der Waals surface area contributed by atoms with Gasteiger partial charge in [0.15, 0.2) is 0 Å². The van der Waals surface area contributed by atoms with Crippen LogP contribution in [0.25, 0.3) is 0 Å². The third-order valence-corrected chi connectivity index (χ3v) is 3.05. The SMILES string of the molecule is Cc1ccc(N(C)c2ncccc2C(C)N)cc1. The number of rotatable bonds is 3. The predicted octanol–water partition coefficient (Wildman–Crippen LogP) is 3.18. The summed E-state index contributed by atoms with van der Waals surface area (Å²) in [4.78, 5) is 6.51. The van der Waals surface area contributed by atoms with Gasteiger partial charge in [-0.1, -0.05) is 23.8 Å². The summed E-state index contributed by atoms with van der Waals surface area (Å²) in [5, 5.41) is 0. The second-order valence-corrected chi connectivity index (χ2v) is 4.60. The van der Waals surface area contributed by atoms with Gasteiger partial charge in [0.1, 0.15) is 5.82 Å². The Kier molecular flexibility index (Phi) is 3.63. The molecule has 2 N–H and O–H groups in total. The highest BCUT2D eigenvalue weighted by molar-refractivity contribution is 5.62. The first kappa shape index (κ1) is 12.6. The summed E-state index contributed by atoms with van der Waals surface area (Å²) in [7, 11) is 2.01. The predicted molar refractivity (Wildman–Crippen MR) is 76.1 cm³/mol. The van der Waals surface area contributed by atoms with Crippen molar-refractivity contribution in [3.63, 3.8) is 0 Å². The zero-order valence-electron chi connectivity index (χ0n) is 11.1. The Bertz CT molecular complexity index is 518. The lowest BCUT2D eigenvalue weighted by Crippen LogP contribution is -2.17. The number of aromatic nitrogens is 1. The molecule has 3 nitrogen and oxygen atoms in total. The van der Waals surface area contributed by atoms with Gasteiger partial charge in [-0.2, -0.15) is 0 Å². The molecule has 0 radical (unpaired) electrons. The lowest BCUT2D eigenvalue weighted by molar-refractivity contribution is 0.807. The number of hydrogen-bond acceptors (Lipinski definition) is 3. The Morgan fingerprint density at radius 3 is 2.44 bits per heavy atom. The van der Waals surface area contributed by atoms with E-state index < -0.39 is 0 Å². The molecule has 0 aliphatic rings. The third kappa shape index (κ3) is 2.51. The molecular formula is C15H19N3. The van der Waals surface area contributed by atoms with Crippen LogP contribution in [0.15, 0.2) is 42.6 Å². The molecule has 2 aromatic rings. The van der Waals surface area contributed by atoms with E-state index in [0.29, 0.717) is 0 Å². The lowest BCUT2D eigenvalue weighted by Gasteiger charge is -2.22. The molecule has 2 rings (SSSR count). The molecule has 0 saturated carbocycles. The minimum Gasteiger partial charge on any atom is -0.329 e. The summed E-state index contributed by atoms with van der Waals surface area (Å²) < 4.78 is 0. The molecule has 1 heterocycles. The van der Waals surface area contributed by atoms with Crippen molar-refractivity contribution in [3.8, 4) is 0 Å². The minimum absolute atomic E-state index is 0.0263. The van der Waals surface area contributed by atoms with E-state index in [1.54, 1.807) is 6.20 Å². The van der Waals surface area contributed by atoms with Crippen LogP contribution in [0, 0.1) is 6.92 Å². The Morgan fingerprint density at radius 2 is 1.83 bits per heavy atom. The number of nitrogens with two attached hydrogens (primary N) is 1. The third-order valence-electron chi connectivity index (χ3n) is 3.05. The maximum absolute atomic E-state index is 5.99. The van der Waals surface area contributed by atoms with Crippen LogP contribution in [0.3, 0.4) is 0 Å². The molecule has 3 heteroatoms. The molecule has 1 aromatic heterocycles. The van der Waals surface area contributed by atoms with Gasteiger partial charge in [-0.05, 0) is 32.0 Å². The summed E-state index contributed by atoms with van der Waals surface area (Å²) in [6.07, 6.45) is 1.80. The van der Waals surface area contributed by atoms with E-state index >= 15 is 0 Å². The maximum atomic E-state index is 5.99. The molecule has 0 spiro atoms. The maximum Gasteiger partial charge on any atom is 0.137 e.